The van der Waals surface area contributed by atoms with E-state index in [9.17, 15) is 0 Å². The summed E-state index contributed by atoms with van der Waals surface area (Å²) in [6.07, 6.45) is 0. The minimum absolute atomic E-state index is 0.682. The fraction of sp³-hybridized carbons (Fsp3) is 0. The lowest BCUT2D eigenvalue weighted by Gasteiger charge is -2.20. The summed E-state index contributed by atoms with van der Waals surface area (Å²) in [5.74, 6) is 0.682. The van der Waals surface area contributed by atoms with Crippen molar-refractivity contribution in [3.05, 3.63) is 237 Å². The number of aromatic nitrogens is 3. The molecule has 0 atom stereocenters. The fourth-order valence-electron chi connectivity index (χ4n) is 8.69. The van der Waals surface area contributed by atoms with E-state index in [1.807, 2.05) is 18.2 Å². The molecule has 3 heteroatoms. The molecule has 11 aromatic rings. The highest BCUT2D eigenvalue weighted by Crippen LogP contribution is 2.45. The van der Waals surface area contributed by atoms with Gasteiger partial charge in [-0.15, -0.1) is 0 Å². The monoisotopic (exact) mass is 777 g/mol. The van der Waals surface area contributed by atoms with Gasteiger partial charge in [0.05, 0.1) is 22.4 Å². The number of benzene rings is 9. The Labute approximate surface area is 355 Å². The number of nitrogens with zero attached hydrogens (tertiary/aromatic N) is 3. The predicted octanol–water partition coefficient (Wildman–Crippen LogP) is 15.2. The molecule has 0 aliphatic carbocycles. The third-order valence-corrected chi connectivity index (χ3v) is 11.6. The van der Waals surface area contributed by atoms with E-state index in [0.29, 0.717) is 5.82 Å². The minimum Gasteiger partial charge on any atom is -0.309 e. The summed E-state index contributed by atoms with van der Waals surface area (Å²) in [5, 5.41) is 2.42. The maximum absolute atomic E-state index is 5.43. The van der Waals surface area contributed by atoms with Gasteiger partial charge >= 0.3 is 0 Å². The van der Waals surface area contributed by atoms with E-state index in [0.717, 1.165) is 72.7 Å². The van der Waals surface area contributed by atoms with E-state index in [-0.39, 0.29) is 0 Å². The Morgan fingerprint density at radius 3 is 1.43 bits per heavy atom. The van der Waals surface area contributed by atoms with Crippen LogP contribution in [0, 0.1) is 0 Å². The minimum atomic E-state index is 0.682. The molecule has 0 fully saturated rings. The van der Waals surface area contributed by atoms with Gasteiger partial charge in [-0.1, -0.05) is 188 Å². The van der Waals surface area contributed by atoms with Crippen molar-refractivity contribution in [2.24, 2.45) is 0 Å². The molecule has 0 spiro atoms. The molecule has 286 valence electrons. The molecule has 0 N–H and O–H groups in total. The van der Waals surface area contributed by atoms with Crippen molar-refractivity contribution in [2.75, 3.05) is 0 Å². The van der Waals surface area contributed by atoms with Crippen LogP contribution in [0.4, 0.5) is 0 Å². The summed E-state index contributed by atoms with van der Waals surface area (Å²) in [6.45, 7) is 0. The summed E-state index contributed by atoms with van der Waals surface area (Å²) in [6, 6.07) is 84.2. The Hall–Kier alpha value is -8.14. The molecule has 0 aliphatic rings. The molecule has 2 aromatic heterocycles. The topological polar surface area (TPSA) is 30.7 Å². The zero-order valence-electron chi connectivity index (χ0n) is 33.4. The molecule has 11 rings (SSSR count). The molecule has 0 amide bonds. The average molecular weight is 778 g/mol. The van der Waals surface area contributed by atoms with Crippen LogP contribution in [0.15, 0.2) is 237 Å². The third-order valence-electron chi connectivity index (χ3n) is 11.6. The predicted molar refractivity (Wildman–Crippen MR) is 254 cm³/mol. The summed E-state index contributed by atoms with van der Waals surface area (Å²) >= 11 is 0. The van der Waals surface area contributed by atoms with Gasteiger partial charge in [-0.05, 0) is 93.0 Å². The Morgan fingerprint density at radius 1 is 0.279 bits per heavy atom. The lowest BCUT2D eigenvalue weighted by molar-refractivity contribution is 1.18. The van der Waals surface area contributed by atoms with Crippen molar-refractivity contribution in [1.29, 1.82) is 0 Å². The molecule has 0 aliphatic heterocycles. The van der Waals surface area contributed by atoms with Crippen molar-refractivity contribution in [3.8, 4) is 84.1 Å². The molecule has 0 unspecified atom stereocenters. The second-order valence-corrected chi connectivity index (χ2v) is 15.4. The molecule has 9 aromatic carbocycles. The van der Waals surface area contributed by atoms with Gasteiger partial charge in [-0.2, -0.15) is 0 Å². The van der Waals surface area contributed by atoms with Gasteiger partial charge in [0.2, 0.25) is 0 Å². The van der Waals surface area contributed by atoms with E-state index in [1.54, 1.807) is 0 Å². The van der Waals surface area contributed by atoms with E-state index >= 15 is 0 Å². The van der Waals surface area contributed by atoms with Crippen LogP contribution in [-0.2, 0) is 0 Å². The van der Waals surface area contributed by atoms with Crippen LogP contribution in [0.1, 0.15) is 0 Å². The van der Waals surface area contributed by atoms with Crippen molar-refractivity contribution >= 4 is 21.8 Å². The number of para-hydroxylation sites is 2. The number of fused-ring (bicyclic) bond motifs is 3. The van der Waals surface area contributed by atoms with Crippen molar-refractivity contribution in [3.63, 3.8) is 0 Å². The van der Waals surface area contributed by atoms with Gasteiger partial charge in [-0.25, -0.2) is 9.97 Å². The Morgan fingerprint density at radius 2 is 0.754 bits per heavy atom. The van der Waals surface area contributed by atoms with E-state index in [4.69, 9.17) is 9.97 Å². The van der Waals surface area contributed by atoms with Gasteiger partial charge in [0.15, 0.2) is 5.82 Å². The molecule has 0 bridgehead atoms. The summed E-state index contributed by atoms with van der Waals surface area (Å²) in [5.41, 5.74) is 17.4. The number of rotatable bonds is 8. The SMILES string of the molecule is c1ccc(-c2ccc(-c3cc(-c4cc(-c5ccccc5)cc(-c5ccc6c(c5)c5ccccc5n6-c5ccccc5)c4-c4ccccc4)nc(-c4ccccc4)n3)cc2)cc1. The summed E-state index contributed by atoms with van der Waals surface area (Å²) < 4.78 is 2.37. The second-order valence-electron chi connectivity index (χ2n) is 15.4. The number of hydrogen-bond donors (Lipinski definition) is 0. The summed E-state index contributed by atoms with van der Waals surface area (Å²) in [4.78, 5) is 10.7. The van der Waals surface area contributed by atoms with Crippen molar-refractivity contribution in [2.45, 2.75) is 0 Å². The van der Waals surface area contributed by atoms with Crippen LogP contribution in [0.3, 0.4) is 0 Å². The molecule has 61 heavy (non-hydrogen) atoms. The van der Waals surface area contributed by atoms with Crippen LogP contribution >= 0.6 is 0 Å². The molecular formula is C58H39N3. The normalized spacial score (nSPS) is 11.3. The van der Waals surface area contributed by atoms with Gasteiger partial charge in [-0.3, -0.25) is 0 Å². The van der Waals surface area contributed by atoms with Crippen LogP contribution in [0.25, 0.3) is 106 Å². The first-order chi connectivity index (χ1) is 30.2. The van der Waals surface area contributed by atoms with Crippen LogP contribution in [0.2, 0.25) is 0 Å². The second kappa shape index (κ2) is 15.6. The Bertz CT molecular complexity index is 3300. The van der Waals surface area contributed by atoms with Crippen LogP contribution < -0.4 is 0 Å². The molecule has 3 nitrogen and oxygen atoms in total. The first-order valence-corrected chi connectivity index (χ1v) is 20.7. The molecule has 2 heterocycles. The molecule has 0 radical (unpaired) electrons. The Kier molecular flexibility index (Phi) is 9.18. The Balaban J connectivity index is 1.18. The van der Waals surface area contributed by atoms with Gasteiger partial charge in [0.1, 0.15) is 0 Å². The highest BCUT2D eigenvalue weighted by atomic mass is 15.0. The highest BCUT2D eigenvalue weighted by Gasteiger charge is 2.21. The zero-order valence-corrected chi connectivity index (χ0v) is 33.4. The first-order valence-electron chi connectivity index (χ1n) is 20.7. The maximum Gasteiger partial charge on any atom is 0.160 e. The zero-order chi connectivity index (χ0) is 40.5. The van der Waals surface area contributed by atoms with E-state index in [1.165, 1.54) is 27.4 Å². The largest absolute Gasteiger partial charge is 0.309 e. The van der Waals surface area contributed by atoms with Crippen LogP contribution in [0.5, 0.6) is 0 Å². The fourth-order valence-corrected chi connectivity index (χ4v) is 8.69. The van der Waals surface area contributed by atoms with E-state index < -0.39 is 0 Å². The van der Waals surface area contributed by atoms with Crippen molar-refractivity contribution < 1.29 is 0 Å². The number of hydrogen-bond acceptors (Lipinski definition) is 2. The summed E-state index contributed by atoms with van der Waals surface area (Å²) in [7, 11) is 0. The lowest BCUT2D eigenvalue weighted by atomic mass is 9.85. The van der Waals surface area contributed by atoms with Crippen molar-refractivity contribution in [1.82, 2.24) is 14.5 Å². The molecule has 0 saturated carbocycles. The van der Waals surface area contributed by atoms with E-state index in [2.05, 4.69) is 223 Å². The molecule has 0 saturated heterocycles. The standard InChI is InChI=1S/C58H39N3/c1-6-18-40(19-7-1)42-30-32-43(33-31-42)53-39-54(60-58(59-53)45-24-12-4-13-25-45)52-38-47(41-20-8-2-9-21-41)37-50(57(52)44-22-10-3-11-23-44)46-34-35-56-51(36-46)49-28-16-17-29-55(49)61(56)48-26-14-5-15-27-48/h1-39H. The average Bonchev–Trinajstić information content (AvgIpc) is 3.68. The van der Waals surface area contributed by atoms with Gasteiger partial charge in [0, 0.05) is 33.2 Å². The van der Waals surface area contributed by atoms with Gasteiger partial charge < -0.3 is 4.57 Å². The quantitative estimate of drug-likeness (QED) is 0.154. The maximum atomic E-state index is 5.43. The lowest BCUT2D eigenvalue weighted by Crippen LogP contribution is -1.99. The smallest absolute Gasteiger partial charge is 0.160 e. The van der Waals surface area contributed by atoms with Crippen LogP contribution in [-0.4, -0.2) is 14.5 Å². The highest BCUT2D eigenvalue weighted by molar-refractivity contribution is 6.11. The van der Waals surface area contributed by atoms with Gasteiger partial charge in [0.25, 0.3) is 0 Å². The third kappa shape index (κ3) is 6.78. The first kappa shape index (κ1) is 36.0. The molecular weight excluding hydrogens is 739 g/mol.